The van der Waals surface area contributed by atoms with Gasteiger partial charge >= 0.3 is 6.01 Å². The highest BCUT2D eigenvalue weighted by atomic mass is 16.5. The van der Waals surface area contributed by atoms with E-state index in [-0.39, 0.29) is 5.91 Å². The van der Waals surface area contributed by atoms with Crippen molar-refractivity contribution < 1.29 is 9.53 Å². The minimum absolute atomic E-state index is 0.149. The fourth-order valence-corrected chi connectivity index (χ4v) is 3.86. The Bertz CT molecular complexity index is 1450. The lowest BCUT2D eigenvalue weighted by Crippen LogP contribution is -2.12. The van der Waals surface area contributed by atoms with Crippen molar-refractivity contribution in [1.82, 2.24) is 14.8 Å². The number of benzene rings is 4. The number of carbonyl (C=O) groups excluding carboxylic acids is 1. The lowest BCUT2D eigenvalue weighted by molar-refractivity contribution is 0.102. The van der Waals surface area contributed by atoms with Crippen molar-refractivity contribution in [2.75, 3.05) is 11.9 Å². The lowest BCUT2D eigenvalue weighted by atomic mass is 10.0. The van der Waals surface area contributed by atoms with Gasteiger partial charge in [0.25, 0.3) is 5.91 Å². The molecule has 34 heavy (non-hydrogen) atoms. The third-order valence-corrected chi connectivity index (χ3v) is 5.57. The van der Waals surface area contributed by atoms with Gasteiger partial charge < -0.3 is 10.1 Å². The van der Waals surface area contributed by atoms with Crippen LogP contribution >= 0.6 is 0 Å². The fraction of sp³-hybridized carbons (Fsp3) is 0.107. The Hall–Kier alpha value is -4.45. The summed E-state index contributed by atoms with van der Waals surface area (Å²) < 4.78 is 7.31. The van der Waals surface area contributed by atoms with Crippen LogP contribution in [0.15, 0.2) is 91.0 Å². The molecule has 5 rings (SSSR count). The Morgan fingerprint density at radius 1 is 0.912 bits per heavy atom. The van der Waals surface area contributed by atoms with Gasteiger partial charge in [-0.2, -0.15) is 4.98 Å². The van der Waals surface area contributed by atoms with Crippen molar-refractivity contribution in [3.8, 4) is 23.1 Å². The maximum Gasteiger partial charge on any atom is 0.336 e. The van der Waals surface area contributed by atoms with Crippen molar-refractivity contribution in [3.63, 3.8) is 0 Å². The van der Waals surface area contributed by atoms with Gasteiger partial charge in [0.05, 0.1) is 12.3 Å². The van der Waals surface area contributed by atoms with E-state index in [9.17, 15) is 4.79 Å². The van der Waals surface area contributed by atoms with Crippen LogP contribution in [0.1, 0.15) is 22.8 Å². The SMILES string of the molecule is CCOc1nc(-c2ccc(C)cc2)n(-c2ccc(NC(=O)c3cccc4ccccc34)cc2)n1. The summed E-state index contributed by atoms with van der Waals surface area (Å²) in [6.45, 7) is 4.43. The van der Waals surface area contributed by atoms with Gasteiger partial charge in [0.15, 0.2) is 5.82 Å². The van der Waals surface area contributed by atoms with E-state index < -0.39 is 0 Å². The highest BCUT2D eigenvalue weighted by molar-refractivity contribution is 6.12. The van der Waals surface area contributed by atoms with E-state index in [1.165, 1.54) is 5.56 Å². The average molecular weight is 449 g/mol. The number of rotatable bonds is 6. The molecule has 1 aromatic heterocycles. The van der Waals surface area contributed by atoms with Crippen LogP contribution in [0.2, 0.25) is 0 Å². The number of hydrogen-bond donors (Lipinski definition) is 1. The van der Waals surface area contributed by atoms with Crippen molar-refractivity contribution in [3.05, 3.63) is 102 Å². The van der Waals surface area contributed by atoms with E-state index in [0.717, 1.165) is 22.0 Å². The summed E-state index contributed by atoms with van der Waals surface area (Å²) in [7, 11) is 0. The van der Waals surface area contributed by atoms with E-state index in [1.54, 1.807) is 4.68 Å². The van der Waals surface area contributed by atoms with E-state index in [1.807, 2.05) is 105 Å². The molecule has 1 heterocycles. The first-order valence-electron chi connectivity index (χ1n) is 11.2. The molecule has 6 heteroatoms. The molecule has 0 aliphatic heterocycles. The Kier molecular flexibility index (Phi) is 5.79. The van der Waals surface area contributed by atoms with Crippen LogP contribution in [-0.2, 0) is 0 Å². The third-order valence-electron chi connectivity index (χ3n) is 5.57. The molecule has 0 saturated heterocycles. The van der Waals surface area contributed by atoms with Crippen LogP contribution in [0.3, 0.4) is 0 Å². The van der Waals surface area contributed by atoms with Crippen LogP contribution < -0.4 is 10.1 Å². The van der Waals surface area contributed by atoms with Crippen molar-refractivity contribution in [2.24, 2.45) is 0 Å². The number of nitrogens with zero attached hydrogens (tertiary/aromatic N) is 3. The molecule has 1 N–H and O–H groups in total. The van der Waals surface area contributed by atoms with Crippen LogP contribution in [-0.4, -0.2) is 27.3 Å². The molecule has 168 valence electrons. The first-order valence-corrected chi connectivity index (χ1v) is 11.2. The smallest absolute Gasteiger partial charge is 0.336 e. The molecule has 0 unspecified atom stereocenters. The predicted molar refractivity (Wildman–Crippen MR) is 135 cm³/mol. The van der Waals surface area contributed by atoms with Crippen LogP contribution in [0.5, 0.6) is 6.01 Å². The Morgan fingerprint density at radius 3 is 2.41 bits per heavy atom. The monoisotopic (exact) mass is 448 g/mol. The zero-order valence-electron chi connectivity index (χ0n) is 19.0. The standard InChI is InChI=1S/C28H24N4O2/c1-3-34-28-30-26(21-13-11-19(2)12-14-21)32(31-28)23-17-15-22(16-18-23)29-27(33)25-10-6-8-20-7-4-5-9-24(20)25/h4-18H,3H2,1-2H3,(H,29,33). The molecule has 0 aliphatic carbocycles. The summed E-state index contributed by atoms with van der Waals surface area (Å²) in [5.41, 5.74) is 4.27. The summed E-state index contributed by atoms with van der Waals surface area (Å²) >= 11 is 0. The number of hydrogen-bond acceptors (Lipinski definition) is 4. The molecular formula is C28H24N4O2. The number of amides is 1. The number of aromatic nitrogens is 3. The second-order valence-electron chi connectivity index (χ2n) is 7.96. The number of nitrogens with one attached hydrogen (secondary N) is 1. The van der Waals surface area contributed by atoms with Crippen LogP contribution in [0, 0.1) is 6.92 Å². The molecule has 1 amide bonds. The molecule has 0 aliphatic rings. The minimum Gasteiger partial charge on any atom is -0.463 e. The second-order valence-corrected chi connectivity index (χ2v) is 7.96. The summed E-state index contributed by atoms with van der Waals surface area (Å²) in [6.07, 6.45) is 0. The maximum atomic E-state index is 13.0. The van der Waals surface area contributed by atoms with Gasteiger partial charge in [-0.1, -0.05) is 66.2 Å². The van der Waals surface area contributed by atoms with Gasteiger partial charge in [0, 0.05) is 16.8 Å². The topological polar surface area (TPSA) is 69.0 Å². The molecular weight excluding hydrogens is 424 g/mol. The molecule has 4 aromatic carbocycles. The highest BCUT2D eigenvalue weighted by Gasteiger charge is 2.15. The zero-order chi connectivity index (χ0) is 23.5. The Balaban J connectivity index is 1.43. The van der Waals surface area contributed by atoms with Gasteiger partial charge in [-0.15, -0.1) is 5.10 Å². The number of anilines is 1. The fourth-order valence-electron chi connectivity index (χ4n) is 3.86. The van der Waals surface area contributed by atoms with E-state index in [2.05, 4.69) is 15.4 Å². The second kappa shape index (κ2) is 9.19. The summed E-state index contributed by atoms with van der Waals surface area (Å²) in [4.78, 5) is 17.5. The third kappa shape index (κ3) is 4.26. The molecule has 6 nitrogen and oxygen atoms in total. The van der Waals surface area contributed by atoms with Gasteiger partial charge in [-0.05, 0) is 55.0 Å². The molecule has 0 atom stereocenters. The number of aryl methyl sites for hydroxylation is 1. The Labute approximate surface area is 197 Å². The van der Waals surface area contributed by atoms with Crippen LogP contribution in [0.4, 0.5) is 5.69 Å². The zero-order valence-corrected chi connectivity index (χ0v) is 19.0. The lowest BCUT2D eigenvalue weighted by Gasteiger charge is -2.10. The van der Waals surface area contributed by atoms with Gasteiger partial charge in [0.2, 0.25) is 0 Å². The molecule has 5 aromatic rings. The first kappa shape index (κ1) is 21.4. The Morgan fingerprint density at radius 2 is 1.65 bits per heavy atom. The molecule has 0 spiro atoms. The summed E-state index contributed by atoms with van der Waals surface area (Å²) in [6, 6.07) is 29.6. The molecule has 0 saturated carbocycles. The highest BCUT2D eigenvalue weighted by Crippen LogP contribution is 2.25. The van der Waals surface area contributed by atoms with Crippen molar-refractivity contribution >= 4 is 22.4 Å². The van der Waals surface area contributed by atoms with Gasteiger partial charge in [-0.3, -0.25) is 4.79 Å². The van der Waals surface area contributed by atoms with Crippen molar-refractivity contribution in [1.29, 1.82) is 0 Å². The van der Waals surface area contributed by atoms with E-state index in [4.69, 9.17) is 4.74 Å². The molecule has 0 fully saturated rings. The normalized spacial score (nSPS) is 10.9. The first-order chi connectivity index (χ1) is 16.6. The van der Waals surface area contributed by atoms with E-state index >= 15 is 0 Å². The number of carbonyl (C=O) groups is 1. The summed E-state index contributed by atoms with van der Waals surface area (Å²) in [5.74, 6) is 0.542. The summed E-state index contributed by atoms with van der Waals surface area (Å²) in [5, 5.41) is 9.49. The molecule has 0 radical (unpaired) electrons. The predicted octanol–water partition coefficient (Wildman–Crippen LogP) is 6.05. The molecule has 0 bridgehead atoms. The van der Waals surface area contributed by atoms with Crippen molar-refractivity contribution in [2.45, 2.75) is 13.8 Å². The van der Waals surface area contributed by atoms with Crippen LogP contribution in [0.25, 0.3) is 27.8 Å². The number of ether oxygens (including phenoxy) is 1. The quantitative estimate of drug-likeness (QED) is 0.343. The van der Waals surface area contributed by atoms with E-state index in [0.29, 0.717) is 29.7 Å². The van der Waals surface area contributed by atoms with Gasteiger partial charge in [0.1, 0.15) is 0 Å². The average Bonchev–Trinajstić information content (AvgIpc) is 3.28. The largest absolute Gasteiger partial charge is 0.463 e. The number of fused-ring (bicyclic) bond motifs is 1. The minimum atomic E-state index is -0.149. The van der Waals surface area contributed by atoms with Gasteiger partial charge in [-0.25, -0.2) is 4.68 Å². The maximum absolute atomic E-state index is 13.0.